The van der Waals surface area contributed by atoms with Crippen LogP contribution in [0, 0.1) is 6.92 Å². The third-order valence-electron chi connectivity index (χ3n) is 3.72. The van der Waals surface area contributed by atoms with Crippen molar-refractivity contribution in [3.63, 3.8) is 0 Å². The van der Waals surface area contributed by atoms with Crippen LogP contribution >= 0.6 is 0 Å². The van der Waals surface area contributed by atoms with Crippen molar-refractivity contribution in [2.75, 3.05) is 23.3 Å². The number of anilines is 3. The molecule has 1 aromatic carbocycles. The summed E-state index contributed by atoms with van der Waals surface area (Å²) in [4.78, 5) is 20.8. The molecule has 1 aromatic heterocycles. The van der Waals surface area contributed by atoms with E-state index in [1.165, 1.54) is 31.0 Å². The SMILES string of the molecule is Cc1cc(=O)[nH]c(Nc2ccc(N3CCCCC3)cc2)n1. The molecule has 0 amide bonds. The second-order valence-electron chi connectivity index (χ2n) is 5.45. The van der Waals surface area contributed by atoms with Gasteiger partial charge in [0.25, 0.3) is 5.56 Å². The van der Waals surface area contributed by atoms with Gasteiger partial charge in [-0.3, -0.25) is 9.78 Å². The van der Waals surface area contributed by atoms with Crippen LogP contribution in [0.15, 0.2) is 35.1 Å². The molecule has 1 saturated heterocycles. The quantitative estimate of drug-likeness (QED) is 0.910. The van der Waals surface area contributed by atoms with Crippen molar-refractivity contribution >= 4 is 17.3 Å². The number of aromatic amines is 1. The Morgan fingerprint density at radius 3 is 2.52 bits per heavy atom. The van der Waals surface area contributed by atoms with Gasteiger partial charge in [0.1, 0.15) is 0 Å². The molecular weight excluding hydrogens is 264 g/mol. The first kappa shape index (κ1) is 13.7. The van der Waals surface area contributed by atoms with E-state index in [4.69, 9.17) is 0 Å². The maximum atomic E-state index is 11.4. The van der Waals surface area contributed by atoms with E-state index in [-0.39, 0.29) is 5.56 Å². The van der Waals surface area contributed by atoms with Crippen LogP contribution in [-0.4, -0.2) is 23.1 Å². The smallest absolute Gasteiger partial charge is 0.252 e. The Morgan fingerprint density at radius 2 is 1.86 bits per heavy atom. The molecule has 5 heteroatoms. The van der Waals surface area contributed by atoms with Crippen molar-refractivity contribution < 1.29 is 0 Å². The third kappa shape index (κ3) is 3.42. The Morgan fingerprint density at radius 1 is 1.14 bits per heavy atom. The Kier molecular flexibility index (Phi) is 3.90. The third-order valence-corrected chi connectivity index (χ3v) is 3.72. The number of rotatable bonds is 3. The first-order chi connectivity index (χ1) is 10.2. The summed E-state index contributed by atoms with van der Waals surface area (Å²) in [5.41, 5.74) is 2.73. The predicted octanol–water partition coefficient (Wildman–Crippen LogP) is 2.81. The van der Waals surface area contributed by atoms with E-state index < -0.39 is 0 Å². The molecule has 2 heterocycles. The number of piperidine rings is 1. The molecule has 110 valence electrons. The second-order valence-corrected chi connectivity index (χ2v) is 5.45. The number of nitrogens with zero attached hydrogens (tertiary/aromatic N) is 2. The number of aromatic nitrogens is 2. The normalized spacial score (nSPS) is 15.0. The summed E-state index contributed by atoms with van der Waals surface area (Å²) in [7, 11) is 0. The molecule has 0 unspecified atom stereocenters. The summed E-state index contributed by atoms with van der Waals surface area (Å²) in [6.45, 7) is 4.08. The van der Waals surface area contributed by atoms with Crippen molar-refractivity contribution in [3.05, 3.63) is 46.4 Å². The Bertz CT molecular complexity index is 657. The molecule has 1 aliphatic rings. The summed E-state index contributed by atoms with van der Waals surface area (Å²) < 4.78 is 0. The van der Waals surface area contributed by atoms with Crippen LogP contribution < -0.4 is 15.8 Å². The van der Waals surface area contributed by atoms with E-state index in [1.54, 1.807) is 6.92 Å². The van der Waals surface area contributed by atoms with Crippen LogP contribution in [0.3, 0.4) is 0 Å². The van der Waals surface area contributed by atoms with Crippen molar-refractivity contribution in [2.24, 2.45) is 0 Å². The van der Waals surface area contributed by atoms with Crippen molar-refractivity contribution in [1.29, 1.82) is 0 Å². The van der Waals surface area contributed by atoms with Gasteiger partial charge in [-0.1, -0.05) is 0 Å². The molecule has 0 aliphatic carbocycles. The maximum Gasteiger partial charge on any atom is 0.252 e. The number of nitrogens with one attached hydrogen (secondary N) is 2. The van der Waals surface area contributed by atoms with E-state index >= 15 is 0 Å². The summed E-state index contributed by atoms with van der Waals surface area (Å²) in [5.74, 6) is 0.478. The van der Waals surface area contributed by atoms with E-state index in [0.29, 0.717) is 11.6 Å². The monoisotopic (exact) mass is 284 g/mol. The van der Waals surface area contributed by atoms with Gasteiger partial charge in [0, 0.05) is 36.2 Å². The zero-order valence-electron chi connectivity index (χ0n) is 12.2. The summed E-state index contributed by atoms with van der Waals surface area (Å²) in [5, 5.41) is 3.13. The minimum atomic E-state index is -0.144. The molecule has 3 rings (SSSR count). The highest BCUT2D eigenvalue weighted by Gasteiger charge is 2.10. The number of H-pyrrole nitrogens is 1. The highest BCUT2D eigenvalue weighted by molar-refractivity contribution is 5.59. The van der Waals surface area contributed by atoms with E-state index in [1.807, 2.05) is 12.1 Å². The maximum absolute atomic E-state index is 11.4. The lowest BCUT2D eigenvalue weighted by Crippen LogP contribution is -2.29. The molecule has 1 fully saturated rings. The fourth-order valence-electron chi connectivity index (χ4n) is 2.68. The number of hydrogen-bond donors (Lipinski definition) is 2. The molecular formula is C16H20N4O. The average molecular weight is 284 g/mol. The first-order valence-electron chi connectivity index (χ1n) is 7.41. The minimum absolute atomic E-state index is 0.144. The van der Waals surface area contributed by atoms with Gasteiger partial charge in [-0.2, -0.15) is 0 Å². The second kappa shape index (κ2) is 5.99. The van der Waals surface area contributed by atoms with E-state index in [0.717, 1.165) is 18.8 Å². The number of benzene rings is 1. The predicted molar refractivity (Wildman–Crippen MR) is 85.4 cm³/mol. The summed E-state index contributed by atoms with van der Waals surface area (Å²) in [6, 6.07) is 9.74. The zero-order chi connectivity index (χ0) is 14.7. The van der Waals surface area contributed by atoms with Crippen LogP contribution in [0.25, 0.3) is 0 Å². The average Bonchev–Trinajstić information content (AvgIpc) is 2.48. The van der Waals surface area contributed by atoms with Crippen LogP contribution in [-0.2, 0) is 0 Å². The Hall–Kier alpha value is -2.30. The lowest BCUT2D eigenvalue weighted by atomic mass is 10.1. The molecule has 0 saturated carbocycles. The van der Waals surface area contributed by atoms with Crippen LogP contribution in [0.1, 0.15) is 25.0 Å². The van der Waals surface area contributed by atoms with Gasteiger partial charge in [-0.25, -0.2) is 4.98 Å². The molecule has 2 N–H and O–H groups in total. The molecule has 5 nitrogen and oxygen atoms in total. The lowest BCUT2D eigenvalue weighted by molar-refractivity contribution is 0.578. The molecule has 0 radical (unpaired) electrons. The molecule has 2 aromatic rings. The van der Waals surface area contributed by atoms with Crippen LogP contribution in [0.2, 0.25) is 0 Å². The fourth-order valence-corrected chi connectivity index (χ4v) is 2.68. The summed E-state index contributed by atoms with van der Waals surface area (Å²) >= 11 is 0. The lowest BCUT2D eigenvalue weighted by Gasteiger charge is -2.28. The highest BCUT2D eigenvalue weighted by atomic mass is 16.1. The van der Waals surface area contributed by atoms with Crippen LogP contribution in [0.5, 0.6) is 0 Å². The van der Waals surface area contributed by atoms with Gasteiger partial charge >= 0.3 is 0 Å². The van der Waals surface area contributed by atoms with E-state index in [2.05, 4.69) is 32.3 Å². The topological polar surface area (TPSA) is 61.0 Å². The van der Waals surface area contributed by atoms with Crippen molar-refractivity contribution in [1.82, 2.24) is 9.97 Å². The highest BCUT2D eigenvalue weighted by Crippen LogP contribution is 2.22. The van der Waals surface area contributed by atoms with Crippen LogP contribution in [0.4, 0.5) is 17.3 Å². The zero-order valence-corrected chi connectivity index (χ0v) is 12.2. The molecule has 21 heavy (non-hydrogen) atoms. The number of hydrogen-bond acceptors (Lipinski definition) is 4. The standard InChI is InChI=1S/C16H20N4O/c1-12-11-15(21)19-16(17-12)18-13-5-7-14(8-6-13)20-9-3-2-4-10-20/h5-8,11H,2-4,9-10H2,1H3,(H2,17,18,19,21). The Labute approximate surface area is 124 Å². The summed E-state index contributed by atoms with van der Waals surface area (Å²) in [6.07, 6.45) is 3.88. The number of aryl methyl sites for hydroxylation is 1. The largest absolute Gasteiger partial charge is 0.372 e. The molecule has 0 spiro atoms. The van der Waals surface area contributed by atoms with Gasteiger partial charge in [0.2, 0.25) is 5.95 Å². The molecule has 0 atom stereocenters. The van der Waals surface area contributed by atoms with Gasteiger partial charge in [0.05, 0.1) is 0 Å². The van der Waals surface area contributed by atoms with E-state index in [9.17, 15) is 4.79 Å². The van der Waals surface area contributed by atoms with Gasteiger partial charge in [-0.15, -0.1) is 0 Å². The van der Waals surface area contributed by atoms with Gasteiger partial charge in [0.15, 0.2) is 0 Å². The van der Waals surface area contributed by atoms with Gasteiger partial charge in [-0.05, 0) is 50.5 Å². The first-order valence-corrected chi connectivity index (χ1v) is 7.41. The molecule has 0 bridgehead atoms. The fraction of sp³-hybridized carbons (Fsp3) is 0.375. The van der Waals surface area contributed by atoms with Crippen molar-refractivity contribution in [3.8, 4) is 0 Å². The molecule has 1 aliphatic heterocycles. The minimum Gasteiger partial charge on any atom is -0.372 e. The Balaban J connectivity index is 1.73. The van der Waals surface area contributed by atoms with Crippen molar-refractivity contribution in [2.45, 2.75) is 26.2 Å². The van der Waals surface area contributed by atoms with Gasteiger partial charge < -0.3 is 10.2 Å².